The molecule has 0 aliphatic carbocycles. The number of carbonyl (C=O) groups is 1. The number of aromatic nitrogens is 1. The minimum absolute atomic E-state index is 0.0952. The van der Waals surface area contributed by atoms with E-state index in [1.54, 1.807) is 11.3 Å². The Kier molecular flexibility index (Phi) is 4.07. The van der Waals surface area contributed by atoms with Crippen molar-refractivity contribution in [2.45, 2.75) is 25.8 Å². The predicted molar refractivity (Wildman–Crippen MR) is 82.3 cm³/mol. The average Bonchev–Trinajstić information content (AvgIpc) is 3.20. The molecule has 1 amide bonds. The molecule has 5 nitrogen and oxygen atoms in total. The first-order valence-electron chi connectivity index (χ1n) is 7.11. The molecule has 6 heteroatoms. The molecule has 3 heterocycles. The number of likely N-dealkylation sites (N-methyl/N-ethyl adjacent to an activating group) is 1. The second-order valence-electron chi connectivity index (χ2n) is 5.33. The SMILES string of the molecule is Cc1oc(-c2cccs2)nc1CC(=O)N(C)C1CCNC1. The van der Waals surface area contributed by atoms with E-state index in [1.807, 2.05) is 36.4 Å². The molecule has 1 aliphatic heterocycles. The molecule has 1 atom stereocenters. The fourth-order valence-electron chi connectivity index (χ4n) is 2.54. The summed E-state index contributed by atoms with van der Waals surface area (Å²) in [6.45, 7) is 3.72. The van der Waals surface area contributed by atoms with E-state index in [9.17, 15) is 4.79 Å². The van der Waals surface area contributed by atoms with E-state index in [1.165, 1.54) is 0 Å². The van der Waals surface area contributed by atoms with Crippen LogP contribution in [0.3, 0.4) is 0 Å². The van der Waals surface area contributed by atoms with Gasteiger partial charge in [0.2, 0.25) is 11.8 Å². The Hall–Kier alpha value is -1.66. The quantitative estimate of drug-likeness (QED) is 0.939. The molecule has 2 aromatic heterocycles. The van der Waals surface area contributed by atoms with Crippen molar-refractivity contribution in [2.24, 2.45) is 0 Å². The van der Waals surface area contributed by atoms with E-state index in [2.05, 4.69) is 10.3 Å². The molecule has 21 heavy (non-hydrogen) atoms. The number of hydrogen-bond donors (Lipinski definition) is 1. The smallest absolute Gasteiger partial charge is 0.236 e. The van der Waals surface area contributed by atoms with E-state index < -0.39 is 0 Å². The lowest BCUT2D eigenvalue weighted by molar-refractivity contribution is -0.131. The maximum atomic E-state index is 12.4. The van der Waals surface area contributed by atoms with Gasteiger partial charge < -0.3 is 14.6 Å². The van der Waals surface area contributed by atoms with Gasteiger partial charge in [-0.05, 0) is 31.3 Å². The molecule has 1 fully saturated rings. The van der Waals surface area contributed by atoms with Gasteiger partial charge in [-0.15, -0.1) is 11.3 Å². The van der Waals surface area contributed by atoms with Gasteiger partial charge in [-0.25, -0.2) is 4.98 Å². The van der Waals surface area contributed by atoms with Gasteiger partial charge in [0.15, 0.2) is 0 Å². The summed E-state index contributed by atoms with van der Waals surface area (Å²) in [5.41, 5.74) is 0.737. The molecule has 2 aromatic rings. The molecule has 0 radical (unpaired) electrons. The van der Waals surface area contributed by atoms with Crippen molar-refractivity contribution < 1.29 is 9.21 Å². The van der Waals surface area contributed by atoms with Crippen molar-refractivity contribution in [2.75, 3.05) is 20.1 Å². The third-order valence-corrected chi connectivity index (χ3v) is 4.78. The van der Waals surface area contributed by atoms with Crippen molar-refractivity contribution in [3.63, 3.8) is 0 Å². The zero-order valence-corrected chi connectivity index (χ0v) is 13.1. The molecule has 112 valence electrons. The van der Waals surface area contributed by atoms with Gasteiger partial charge in [0, 0.05) is 19.6 Å². The first-order valence-corrected chi connectivity index (χ1v) is 7.99. The summed E-state index contributed by atoms with van der Waals surface area (Å²) in [4.78, 5) is 19.7. The Balaban J connectivity index is 1.71. The summed E-state index contributed by atoms with van der Waals surface area (Å²) < 4.78 is 5.68. The van der Waals surface area contributed by atoms with E-state index in [4.69, 9.17) is 4.42 Å². The van der Waals surface area contributed by atoms with Gasteiger partial charge in [0.1, 0.15) is 5.76 Å². The minimum Gasteiger partial charge on any atom is -0.440 e. The largest absolute Gasteiger partial charge is 0.440 e. The van der Waals surface area contributed by atoms with Crippen LogP contribution in [0.2, 0.25) is 0 Å². The first-order chi connectivity index (χ1) is 10.1. The van der Waals surface area contributed by atoms with Crippen LogP contribution in [0.4, 0.5) is 0 Å². The maximum Gasteiger partial charge on any atom is 0.236 e. The van der Waals surface area contributed by atoms with Crippen LogP contribution in [-0.4, -0.2) is 42.0 Å². The molecular formula is C15H19N3O2S. The van der Waals surface area contributed by atoms with Crippen LogP contribution >= 0.6 is 11.3 Å². The molecule has 1 unspecified atom stereocenters. The Morgan fingerprint density at radius 2 is 2.48 bits per heavy atom. The number of rotatable bonds is 4. The second kappa shape index (κ2) is 5.99. The molecular weight excluding hydrogens is 286 g/mol. The summed E-state index contributed by atoms with van der Waals surface area (Å²) in [5, 5.41) is 5.27. The van der Waals surface area contributed by atoms with Crippen molar-refractivity contribution >= 4 is 17.2 Å². The van der Waals surface area contributed by atoms with Gasteiger partial charge in [0.25, 0.3) is 0 Å². The fraction of sp³-hybridized carbons (Fsp3) is 0.467. The molecule has 0 saturated carbocycles. The van der Waals surface area contributed by atoms with E-state index >= 15 is 0 Å². The third-order valence-electron chi connectivity index (χ3n) is 3.92. The Morgan fingerprint density at radius 1 is 1.62 bits per heavy atom. The van der Waals surface area contributed by atoms with Gasteiger partial charge in [-0.2, -0.15) is 0 Å². The summed E-state index contributed by atoms with van der Waals surface area (Å²) in [6, 6.07) is 4.23. The van der Waals surface area contributed by atoms with Crippen molar-refractivity contribution in [1.29, 1.82) is 0 Å². The summed E-state index contributed by atoms with van der Waals surface area (Å²) in [7, 11) is 1.87. The highest BCUT2D eigenvalue weighted by Crippen LogP contribution is 2.26. The Bertz CT molecular complexity index is 615. The van der Waals surface area contributed by atoms with Crippen molar-refractivity contribution in [1.82, 2.24) is 15.2 Å². The lowest BCUT2D eigenvalue weighted by Gasteiger charge is -2.23. The monoisotopic (exact) mass is 305 g/mol. The summed E-state index contributed by atoms with van der Waals surface area (Å²) in [6.07, 6.45) is 1.31. The highest BCUT2D eigenvalue weighted by molar-refractivity contribution is 7.13. The second-order valence-corrected chi connectivity index (χ2v) is 6.27. The number of oxazole rings is 1. The maximum absolute atomic E-state index is 12.4. The number of thiophene rings is 1. The lowest BCUT2D eigenvalue weighted by atomic mass is 10.2. The van der Waals surface area contributed by atoms with Gasteiger partial charge >= 0.3 is 0 Å². The lowest BCUT2D eigenvalue weighted by Crippen LogP contribution is -2.39. The Labute approximate surface area is 128 Å². The van der Waals surface area contributed by atoms with Crippen molar-refractivity contribution in [3.8, 4) is 10.8 Å². The van der Waals surface area contributed by atoms with Crippen LogP contribution in [0, 0.1) is 6.92 Å². The van der Waals surface area contributed by atoms with Gasteiger partial charge in [-0.3, -0.25) is 4.79 Å². The average molecular weight is 305 g/mol. The van der Waals surface area contributed by atoms with Crippen LogP contribution in [0.25, 0.3) is 10.8 Å². The summed E-state index contributed by atoms with van der Waals surface area (Å²) in [5.74, 6) is 1.43. The number of aryl methyl sites for hydroxylation is 1. The van der Waals surface area contributed by atoms with Crippen LogP contribution in [-0.2, 0) is 11.2 Å². The van der Waals surface area contributed by atoms with Crippen molar-refractivity contribution in [3.05, 3.63) is 29.0 Å². The molecule has 1 saturated heterocycles. The van der Waals surface area contributed by atoms with Crippen LogP contribution in [0.15, 0.2) is 21.9 Å². The highest BCUT2D eigenvalue weighted by Gasteiger charge is 2.24. The molecule has 3 rings (SSSR count). The molecule has 0 aromatic carbocycles. The minimum atomic E-state index is 0.0952. The molecule has 1 aliphatic rings. The van der Waals surface area contributed by atoms with Crippen LogP contribution in [0.5, 0.6) is 0 Å². The van der Waals surface area contributed by atoms with Crippen LogP contribution < -0.4 is 5.32 Å². The highest BCUT2D eigenvalue weighted by atomic mass is 32.1. The number of nitrogens with zero attached hydrogens (tertiary/aromatic N) is 2. The Morgan fingerprint density at radius 3 is 3.14 bits per heavy atom. The number of hydrogen-bond acceptors (Lipinski definition) is 5. The first kappa shape index (κ1) is 14.3. The predicted octanol–water partition coefficient (Wildman–Crippen LogP) is 2.07. The normalized spacial score (nSPS) is 18.1. The number of carbonyl (C=O) groups excluding carboxylic acids is 1. The van der Waals surface area contributed by atoms with Gasteiger partial charge in [0.05, 0.1) is 17.0 Å². The molecule has 0 spiro atoms. The number of amides is 1. The number of nitrogens with one attached hydrogen (secondary N) is 1. The standard InChI is InChI=1S/C15H19N3O2S/c1-10-12(17-15(20-10)13-4-3-7-21-13)8-14(19)18(2)11-5-6-16-9-11/h3-4,7,11,16H,5-6,8-9H2,1-2H3. The third kappa shape index (κ3) is 3.01. The fourth-order valence-corrected chi connectivity index (χ4v) is 3.19. The zero-order chi connectivity index (χ0) is 14.8. The summed E-state index contributed by atoms with van der Waals surface area (Å²) >= 11 is 1.58. The van der Waals surface area contributed by atoms with Gasteiger partial charge in [-0.1, -0.05) is 6.07 Å². The van der Waals surface area contributed by atoms with E-state index in [0.717, 1.165) is 35.8 Å². The topological polar surface area (TPSA) is 58.4 Å². The van der Waals surface area contributed by atoms with Crippen LogP contribution in [0.1, 0.15) is 17.9 Å². The molecule has 1 N–H and O–H groups in total. The van der Waals surface area contributed by atoms with E-state index in [-0.39, 0.29) is 5.91 Å². The zero-order valence-electron chi connectivity index (χ0n) is 12.3. The van der Waals surface area contributed by atoms with E-state index in [0.29, 0.717) is 18.4 Å². The molecule has 0 bridgehead atoms.